The van der Waals surface area contributed by atoms with E-state index in [2.05, 4.69) is 10.3 Å². The predicted molar refractivity (Wildman–Crippen MR) is 79.6 cm³/mol. The van der Waals surface area contributed by atoms with Crippen molar-refractivity contribution in [1.82, 2.24) is 10.2 Å². The molecule has 6 nitrogen and oxygen atoms in total. The van der Waals surface area contributed by atoms with Gasteiger partial charge in [-0.3, -0.25) is 4.99 Å². The maximum Gasteiger partial charge on any atom is 0.409 e. The minimum atomic E-state index is -0.220. The third-order valence-corrected chi connectivity index (χ3v) is 3.54. The molecule has 110 valence electrons. The minimum Gasteiger partial charge on any atom is -0.450 e. The molecule has 0 unspecified atom stereocenters. The van der Waals surface area contributed by atoms with Gasteiger partial charge < -0.3 is 20.7 Å². The highest BCUT2D eigenvalue weighted by Crippen LogP contribution is 2.11. The maximum absolute atomic E-state index is 11.5. The summed E-state index contributed by atoms with van der Waals surface area (Å²) >= 11 is 1.75. The molecule has 0 aromatic carbocycles. The molecule has 0 spiro atoms. The molecule has 0 saturated carbocycles. The van der Waals surface area contributed by atoms with Crippen molar-refractivity contribution in [2.45, 2.75) is 25.8 Å². The molecule has 7 heteroatoms. The molecule has 1 heterocycles. The van der Waals surface area contributed by atoms with Gasteiger partial charge in [-0.25, -0.2) is 4.79 Å². The normalized spacial score (nSPS) is 17.4. The molecule has 1 fully saturated rings. The fourth-order valence-electron chi connectivity index (χ4n) is 1.93. The number of rotatable bonds is 5. The van der Waals surface area contributed by atoms with Gasteiger partial charge in [0.25, 0.3) is 0 Å². The third kappa shape index (κ3) is 6.04. The number of guanidine groups is 1. The van der Waals surface area contributed by atoms with Gasteiger partial charge in [0, 0.05) is 24.9 Å². The SMILES string of the molecule is CCOC(=O)N1CCC(NC(N)=NCCSC)CC1. The van der Waals surface area contributed by atoms with Crippen LogP contribution in [-0.4, -0.2) is 61.2 Å². The lowest BCUT2D eigenvalue weighted by atomic mass is 10.1. The van der Waals surface area contributed by atoms with Crippen molar-refractivity contribution in [3.8, 4) is 0 Å². The number of carbonyl (C=O) groups is 1. The number of nitrogens with zero attached hydrogens (tertiary/aromatic N) is 2. The molecule has 1 aliphatic heterocycles. The summed E-state index contributed by atoms with van der Waals surface area (Å²) in [5.74, 6) is 1.48. The number of carbonyl (C=O) groups excluding carboxylic acids is 1. The molecule has 0 aromatic heterocycles. The van der Waals surface area contributed by atoms with Crippen LogP contribution in [0.5, 0.6) is 0 Å². The van der Waals surface area contributed by atoms with Crippen LogP contribution in [0.4, 0.5) is 4.79 Å². The molecule has 0 bridgehead atoms. The highest BCUT2D eigenvalue weighted by atomic mass is 32.2. The first kappa shape index (κ1) is 15.9. The Bertz CT molecular complexity index is 304. The molecular weight excluding hydrogens is 264 g/mol. The molecule has 19 heavy (non-hydrogen) atoms. The van der Waals surface area contributed by atoms with E-state index in [1.165, 1.54) is 0 Å². The largest absolute Gasteiger partial charge is 0.450 e. The summed E-state index contributed by atoms with van der Waals surface area (Å²) in [6.45, 7) is 4.38. The first-order valence-corrected chi connectivity index (χ1v) is 8.03. The van der Waals surface area contributed by atoms with Crippen LogP contribution in [0.2, 0.25) is 0 Å². The Balaban J connectivity index is 2.26. The Morgan fingerprint density at radius 2 is 2.21 bits per heavy atom. The second kappa shape index (κ2) is 8.90. The summed E-state index contributed by atoms with van der Waals surface area (Å²) in [6, 6.07) is 0.295. The van der Waals surface area contributed by atoms with Gasteiger partial charge in [0.1, 0.15) is 0 Å². The molecular formula is C12H24N4O2S. The summed E-state index contributed by atoms with van der Waals surface area (Å²) in [4.78, 5) is 17.5. The van der Waals surface area contributed by atoms with Crippen LogP contribution in [0.3, 0.4) is 0 Å². The average Bonchev–Trinajstić information content (AvgIpc) is 2.40. The van der Waals surface area contributed by atoms with E-state index in [0.29, 0.717) is 31.7 Å². The van der Waals surface area contributed by atoms with E-state index in [-0.39, 0.29) is 6.09 Å². The van der Waals surface area contributed by atoms with Gasteiger partial charge in [-0.1, -0.05) is 0 Å². The van der Waals surface area contributed by atoms with E-state index in [0.717, 1.165) is 25.1 Å². The summed E-state index contributed by atoms with van der Waals surface area (Å²) in [7, 11) is 0. The highest BCUT2D eigenvalue weighted by Gasteiger charge is 2.23. The quantitative estimate of drug-likeness (QED) is 0.446. The third-order valence-electron chi connectivity index (χ3n) is 2.95. The van der Waals surface area contributed by atoms with Gasteiger partial charge in [-0.05, 0) is 26.0 Å². The van der Waals surface area contributed by atoms with Gasteiger partial charge in [0.15, 0.2) is 5.96 Å². The van der Waals surface area contributed by atoms with Gasteiger partial charge >= 0.3 is 6.09 Å². The number of hydrogen-bond donors (Lipinski definition) is 2. The van der Waals surface area contributed by atoms with Crippen LogP contribution in [0.15, 0.2) is 4.99 Å². The van der Waals surface area contributed by atoms with Crippen molar-refractivity contribution in [2.24, 2.45) is 10.7 Å². The van der Waals surface area contributed by atoms with E-state index in [1.54, 1.807) is 16.7 Å². The Hall–Kier alpha value is -1.11. The number of piperidine rings is 1. The molecule has 0 atom stereocenters. The number of nitrogens with two attached hydrogens (primary N) is 1. The molecule has 1 rings (SSSR count). The van der Waals surface area contributed by atoms with Crippen molar-refractivity contribution >= 4 is 23.8 Å². The second-order valence-corrected chi connectivity index (χ2v) is 5.35. The molecule has 3 N–H and O–H groups in total. The standard InChI is InChI=1S/C12H24N4O2S/c1-3-18-12(17)16-7-4-10(5-8-16)15-11(13)14-6-9-19-2/h10H,3-9H2,1-2H3,(H3,13,14,15). The number of nitrogens with one attached hydrogen (secondary N) is 1. The average molecular weight is 288 g/mol. The van der Waals surface area contributed by atoms with Crippen molar-refractivity contribution in [3.05, 3.63) is 0 Å². The lowest BCUT2D eigenvalue weighted by Gasteiger charge is -2.31. The summed E-state index contributed by atoms with van der Waals surface area (Å²) in [6.07, 6.45) is 3.57. The minimum absolute atomic E-state index is 0.220. The van der Waals surface area contributed by atoms with Crippen LogP contribution in [0.1, 0.15) is 19.8 Å². The summed E-state index contributed by atoms with van der Waals surface area (Å²) in [5, 5.41) is 3.21. The molecule has 0 aromatic rings. The maximum atomic E-state index is 11.5. The molecule has 1 saturated heterocycles. The smallest absolute Gasteiger partial charge is 0.409 e. The highest BCUT2D eigenvalue weighted by molar-refractivity contribution is 7.98. The van der Waals surface area contributed by atoms with Crippen molar-refractivity contribution in [1.29, 1.82) is 0 Å². The molecule has 0 aliphatic carbocycles. The van der Waals surface area contributed by atoms with Crippen LogP contribution in [0, 0.1) is 0 Å². The molecule has 1 aliphatic rings. The number of ether oxygens (including phenoxy) is 1. The number of hydrogen-bond acceptors (Lipinski definition) is 4. The van der Waals surface area contributed by atoms with Crippen molar-refractivity contribution in [2.75, 3.05) is 38.2 Å². The number of thioether (sulfide) groups is 1. The molecule has 1 amide bonds. The zero-order valence-corrected chi connectivity index (χ0v) is 12.5. The van der Waals surface area contributed by atoms with Gasteiger partial charge in [0.05, 0.1) is 13.2 Å². The fourth-order valence-corrected chi connectivity index (χ4v) is 2.21. The van der Waals surface area contributed by atoms with E-state index in [1.807, 2.05) is 13.2 Å². The van der Waals surface area contributed by atoms with Crippen molar-refractivity contribution < 1.29 is 9.53 Å². The lowest BCUT2D eigenvalue weighted by molar-refractivity contribution is 0.0963. The van der Waals surface area contributed by atoms with Crippen molar-refractivity contribution in [3.63, 3.8) is 0 Å². The fraction of sp³-hybridized carbons (Fsp3) is 0.833. The Labute approximate surface area is 119 Å². The Morgan fingerprint density at radius 3 is 2.79 bits per heavy atom. The second-order valence-electron chi connectivity index (χ2n) is 4.36. The van der Waals surface area contributed by atoms with E-state index in [9.17, 15) is 4.79 Å². The number of amides is 1. The lowest BCUT2D eigenvalue weighted by Crippen LogP contribution is -2.48. The molecule has 0 radical (unpaired) electrons. The van der Waals surface area contributed by atoms with E-state index >= 15 is 0 Å². The van der Waals surface area contributed by atoms with Gasteiger partial charge in [-0.15, -0.1) is 0 Å². The van der Waals surface area contributed by atoms with Crippen LogP contribution >= 0.6 is 11.8 Å². The zero-order chi connectivity index (χ0) is 14.1. The van der Waals surface area contributed by atoms with Crippen LogP contribution in [0.25, 0.3) is 0 Å². The zero-order valence-electron chi connectivity index (χ0n) is 11.7. The number of likely N-dealkylation sites (tertiary alicyclic amines) is 1. The number of aliphatic imine (C=N–C) groups is 1. The monoisotopic (exact) mass is 288 g/mol. The predicted octanol–water partition coefficient (Wildman–Crippen LogP) is 0.875. The van der Waals surface area contributed by atoms with Crippen LogP contribution < -0.4 is 11.1 Å². The Kier molecular flexibility index (Phi) is 7.47. The van der Waals surface area contributed by atoms with E-state index < -0.39 is 0 Å². The summed E-state index contributed by atoms with van der Waals surface area (Å²) < 4.78 is 4.98. The van der Waals surface area contributed by atoms with E-state index in [4.69, 9.17) is 10.5 Å². The first-order chi connectivity index (χ1) is 9.17. The Morgan fingerprint density at radius 1 is 1.53 bits per heavy atom. The van der Waals surface area contributed by atoms with Gasteiger partial charge in [-0.2, -0.15) is 11.8 Å². The van der Waals surface area contributed by atoms with Gasteiger partial charge in [0.2, 0.25) is 0 Å². The topological polar surface area (TPSA) is 80.0 Å². The van der Waals surface area contributed by atoms with Crippen LogP contribution in [-0.2, 0) is 4.74 Å². The first-order valence-electron chi connectivity index (χ1n) is 6.64. The summed E-state index contributed by atoms with van der Waals surface area (Å²) in [5.41, 5.74) is 5.81.